The van der Waals surface area contributed by atoms with Crippen LogP contribution in [-0.2, 0) is 11.3 Å². The van der Waals surface area contributed by atoms with Gasteiger partial charge in [0.25, 0.3) is 11.8 Å². The molecule has 3 amide bonds. The molecule has 0 aliphatic carbocycles. The Morgan fingerprint density at radius 1 is 1.00 bits per heavy atom. The van der Waals surface area contributed by atoms with Crippen LogP contribution in [0.25, 0.3) is 0 Å². The van der Waals surface area contributed by atoms with Crippen molar-refractivity contribution >= 4 is 29.2 Å². The highest BCUT2D eigenvalue weighted by Crippen LogP contribution is 2.24. The van der Waals surface area contributed by atoms with E-state index in [0.29, 0.717) is 29.9 Å². The van der Waals surface area contributed by atoms with Gasteiger partial charge >= 0.3 is 0 Å². The van der Waals surface area contributed by atoms with E-state index in [9.17, 15) is 14.4 Å². The minimum atomic E-state index is -0.297. The standard InChI is InChI=1S/C25H27N5O3/c1-17-6-11-20-21(15-17)25(33)29(24(20)32)14-4-5-23(31)27-22-12-13-26-30(22)16-18-7-9-19(10-8-18)28(2)3/h6-13,15H,4-5,14,16H2,1-3H3,(H,27,31). The van der Waals surface area contributed by atoms with E-state index in [0.717, 1.165) is 16.8 Å². The Balaban J connectivity index is 1.30. The lowest BCUT2D eigenvalue weighted by atomic mass is 10.1. The van der Waals surface area contributed by atoms with Gasteiger partial charge in [0.2, 0.25) is 5.91 Å². The van der Waals surface area contributed by atoms with Gasteiger partial charge in [-0.05, 0) is 43.2 Å². The molecule has 0 saturated heterocycles. The maximum Gasteiger partial charge on any atom is 0.261 e. The third kappa shape index (κ3) is 4.79. The van der Waals surface area contributed by atoms with Gasteiger partial charge in [-0.1, -0.05) is 23.8 Å². The van der Waals surface area contributed by atoms with Gasteiger partial charge < -0.3 is 10.2 Å². The summed E-state index contributed by atoms with van der Waals surface area (Å²) in [6.07, 6.45) is 2.22. The molecule has 1 N–H and O–H groups in total. The van der Waals surface area contributed by atoms with Gasteiger partial charge in [-0.3, -0.25) is 19.3 Å². The minimum absolute atomic E-state index is 0.188. The summed E-state index contributed by atoms with van der Waals surface area (Å²) in [6, 6.07) is 15.1. The average Bonchev–Trinajstić information content (AvgIpc) is 3.31. The molecular weight excluding hydrogens is 418 g/mol. The number of amides is 3. The molecule has 170 valence electrons. The number of aromatic nitrogens is 2. The monoisotopic (exact) mass is 445 g/mol. The molecule has 4 rings (SSSR count). The largest absolute Gasteiger partial charge is 0.378 e. The summed E-state index contributed by atoms with van der Waals surface area (Å²) < 4.78 is 1.73. The van der Waals surface area contributed by atoms with E-state index in [2.05, 4.69) is 10.4 Å². The summed E-state index contributed by atoms with van der Waals surface area (Å²) in [5.41, 5.74) is 3.98. The first-order valence-electron chi connectivity index (χ1n) is 10.9. The highest BCUT2D eigenvalue weighted by molar-refractivity contribution is 6.21. The summed E-state index contributed by atoms with van der Waals surface area (Å²) in [5.74, 6) is -0.175. The third-order valence-electron chi connectivity index (χ3n) is 5.68. The first-order chi connectivity index (χ1) is 15.8. The van der Waals surface area contributed by atoms with Crippen LogP contribution in [0.2, 0.25) is 0 Å². The summed E-state index contributed by atoms with van der Waals surface area (Å²) >= 11 is 0. The Kier molecular flexibility index (Phi) is 6.26. The fourth-order valence-corrected chi connectivity index (χ4v) is 3.85. The number of hydrogen-bond acceptors (Lipinski definition) is 5. The highest BCUT2D eigenvalue weighted by Gasteiger charge is 2.34. The van der Waals surface area contributed by atoms with Crippen LogP contribution in [0.5, 0.6) is 0 Å². The number of hydrogen-bond donors (Lipinski definition) is 1. The Morgan fingerprint density at radius 2 is 1.73 bits per heavy atom. The molecule has 0 saturated carbocycles. The number of carbonyl (C=O) groups excluding carboxylic acids is 3. The zero-order valence-electron chi connectivity index (χ0n) is 19.0. The number of fused-ring (bicyclic) bond motifs is 1. The molecule has 0 bridgehead atoms. The lowest BCUT2D eigenvalue weighted by Gasteiger charge is -2.14. The molecule has 8 nitrogen and oxygen atoms in total. The van der Waals surface area contributed by atoms with Crippen LogP contribution < -0.4 is 10.2 Å². The van der Waals surface area contributed by atoms with Crippen molar-refractivity contribution < 1.29 is 14.4 Å². The van der Waals surface area contributed by atoms with Gasteiger partial charge in [0.05, 0.1) is 23.9 Å². The van der Waals surface area contributed by atoms with Crippen molar-refractivity contribution in [2.24, 2.45) is 0 Å². The van der Waals surface area contributed by atoms with Crippen molar-refractivity contribution in [3.63, 3.8) is 0 Å². The molecule has 3 aromatic rings. The van der Waals surface area contributed by atoms with E-state index in [1.807, 2.05) is 56.3 Å². The van der Waals surface area contributed by atoms with E-state index in [1.54, 1.807) is 29.1 Å². The van der Waals surface area contributed by atoms with E-state index in [-0.39, 0.29) is 30.7 Å². The second-order valence-corrected chi connectivity index (χ2v) is 8.40. The fourth-order valence-electron chi connectivity index (χ4n) is 3.85. The summed E-state index contributed by atoms with van der Waals surface area (Å²) in [4.78, 5) is 40.8. The predicted octanol–water partition coefficient (Wildman–Crippen LogP) is 3.32. The highest BCUT2D eigenvalue weighted by atomic mass is 16.2. The molecular formula is C25H27N5O3. The SMILES string of the molecule is Cc1ccc2c(c1)C(=O)N(CCCC(=O)Nc1ccnn1Cc1ccc(N(C)C)cc1)C2=O. The zero-order valence-corrected chi connectivity index (χ0v) is 19.0. The van der Waals surface area contributed by atoms with Gasteiger partial charge in [-0.2, -0.15) is 5.10 Å². The van der Waals surface area contributed by atoms with Crippen molar-refractivity contribution in [3.05, 3.63) is 77.0 Å². The van der Waals surface area contributed by atoms with Crippen LogP contribution in [-0.4, -0.2) is 53.0 Å². The average molecular weight is 446 g/mol. The molecule has 1 aliphatic rings. The number of benzene rings is 2. The number of rotatable bonds is 8. The number of aryl methyl sites for hydroxylation is 1. The van der Waals surface area contributed by atoms with Crippen LogP contribution in [0.15, 0.2) is 54.7 Å². The smallest absolute Gasteiger partial charge is 0.261 e. The quantitative estimate of drug-likeness (QED) is 0.538. The predicted molar refractivity (Wildman–Crippen MR) is 127 cm³/mol. The van der Waals surface area contributed by atoms with Gasteiger partial charge in [0.1, 0.15) is 5.82 Å². The number of nitrogens with zero attached hydrogens (tertiary/aromatic N) is 4. The molecule has 1 aromatic heterocycles. The molecule has 0 fully saturated rings. The Morgan fingerprint density at radius 3 is 2.45 bits per heavy atom. The van der Waals surface area contributed by atoms with Gasteiger partial charge in [0, 0.05) is 38.8 Å². The van der Waals surface area contributed by atoms with Crippen LogP contribution in [0, 0.1) is 6.92 Å². The summed E-state index contributed by atoms with van der Waals surface area (Å²) in [7, 11) is 3.98. The zero-order chi connectivity index (χ0) is 23.5. The van der Waals surface area contributed by atoms with E-state index >= 15 is 0 Å². The van der Waals surface area contributed by atoms with Gasteiger partial charge in [-0.25, -0.2) is 4.68 Å². The Hall–Kier alpha value is -3.94. The molecule has 0 unspecified atom stereocenters. The number of nitrogens with one attached hydrogen (secondary N) is 1. The Bertz CT molecular complexity index is 1200. The second-order valence-electron chi connectivity index (χ2n) is 8.40. The van der Waals surface area contributed by atoms with Crippen molar-refractivity contribution in [3.8, 4) is 0 Å². The fraction of sp³-hybridized carbons (Fsp3) is 0.280. The molecule has 2 aromatic carbocycles. The van der Waals surface area contributed by atoms with E-state index < -0.39 is 0 Å². The molecule has 1 aliphatic heterocycles. The van der Waals surface area contributed by atoms with Crippen molar-refractivity contribution in [1.29, 1.82) is 0 Å². The first-order valence-corrected chi connectivity index (χ1v) is 10.9. The second kappa shape index (κ2) is 9.28. The van der Waals surface area contributed by atoms with Gasteiger partial charge in [-0.15, -0.1) is 0 Å². The van der Waals surface area contributed by atoms with Crippen LogP contribution >= 0.6 is 0 Å². The first kappa shape index (κ1) is 22.3. The lowest BCUT2D eigenvalue weighted by molar-refractivity contribution is -0.116. The normalized spacial score (nSPS) is 12.8. The van der Waals surface area contributed by atoms with E-state index in [1.165, 1.54) is 4.90 Å². The molecule has 0 radical (unpaired) electrons. The number of carbonyl (C=O) groups is 3. The van der Waals surface area contributed by atoms with Crippen molar-refractivity contribution in [2.75, 3.05) is 30.9 Å². The topological polar surface area (TPSA) is 87.5 Å². The van der Waals surface area contributed by atoms with Crippen molar-refractivity contribution in [1.82, 2.24) is 14.7 Å². The van der Waals surface area contributed by atoms with Crippen LogP contribution in [0.3, 0.4) is 0 Å². The number of anilines is 2. The third-order valence-corrected chi connectivity index (χ3v) is 5.68. The maximum atomic E-state index is 12.6. The molecule has 0 spiro atoms. The molecule has 33 heavy (non-hydrogen) atoms. The lowest BCUT2D eigenvalue weighted by Crippen LogP contribution is -2.31. The van der Waals surface area contributed by atoms with Crippen LogP contribution in [0.4, 0.5) is 11.5 Å². The van der Waals surface area contributed by atoms with Gasteiger partial charge in [0.15, 0.2) is 0 Å². The van der Waals surface area contributed by atoms with E-state index in [4.69, 9.17) is 0 Å². The minimum Gasteiger partial charge on any atom is -0.378 e. The molecule has 2 heterocycles. The maximum absolute atomic E-state index is 12.6. The summed E-state index contributed by atoms with van der Waals surface area (Å²) in [5, 5.41) is 7.19. The molecule has 0 atom stereocenters. The molecule has 8 heteroatoms. The number of imide groups is 1. The van der Waals surface area contributed by atoms with Crippen LogP contribution in [0.1, 0.15) is 44.7 Å². The Labute approximate surface area is 192 Å². The summed E-state index contributed by atoms with van der Waals surface area (Å²) in [6.45, 7) is 2.62. The van der Waals surface area contributed by atoms with Crippen molar-refractivity contribution in [2.45, 2.75) is 26.3 Å².